The van der Waals surface area contributed by atoms with Gasteiger partial charge in [0.1, 0.15) is 17.7 Å². The smallest absolute Gasteiger partial charge is 0.326 e. The zero-order chi connectivity index (χ0) is 23.4. The predicted molar refractivity (Wildman–Crippen MR) is 115 cm³/mol. The molecular formula is C23H21ClF2N2O4. The number of nitrogens with zero attached hydrogens (tertiary/aromatic N) is 1. The van der Waals surface area contributed by atoms with E-state index in [0.717, 1.165) is 17.6 Å². The summed E-state index contributed by atoms with van der Waals surface area (Å²) in [5.74, 6) is -4.37. The molecule has 1 aliphatic heterocycles. The van der Waals surface area contributed by atoms with E-state index in [0.29, 0.717) is 30.8 Å². The van der Waals surface area contributed by atoms with Crippen molar-refractivity contribution >= 4 is 35.0 Å². The van der Waals surface area contributed by atoms with Gasteiger partial charge in [-0.05, 0) is 35.3 Å². The minimum absolute atomic E-state index is 0.0265. The topological polar surface area (TPSA) is 86.7 Å². The summed E-state index contributed by atoms with van der Waals surface area (Å²) >= 11 is 5.48. The number of carboxylic acid groups (broad SMARTS) is 1. The molecule has 0 aliphatic carbocycles. The van der Waals surface area contributed by atoms with E-state index in [-0.39, 0.29) is 12.3 Å². The molecule has 1 atom stereocenters. The van der Waals surface area contributed by atoms with Crippen molar-refractivity contribution < 1.29 is 28.3 Å². The molecule has 0 bridgehead atoms. The lowest BCUT2D eigenvalue weighted by atomic mass is 9.96. The Balaban J connectivity index is 1.69. The number of rotatable bonds is 6. The highest BCUT2D eigenvalue weighted by Gasteiger charge is 2.24. The average Bonchev–Trinajstić information content (AvgIpc) is 2.76. The van der Waals surface area contributed by atoms with Gasteiger partial charge in [-0.25, -0.2) is 13.6 Å². The van der Waals surface area contributed by atoms with Crippen molar-refractivity contribution in [1.82, 2.24) is 10.2 Å². The lowest BCUT2D eigenvalue weighted by Crippen LogP contribution is -2.42. The maximum absolute atomic E-state index is 14.0. The maximum Gasteiger partial charge on any atom is 0.326 e. The first-order valence-corrected chi connectivity index (χ1v) is 10.3. The molecule has 1 aliphatic rings. The third kappa shape index (κ3) is 5.50. The van der Waals surface area contributed by atoms with E-state index in [4.69, 9.17) is 11.6 Å². The summed E-state index contributed by atoms with van der Waals surface area (Å²) in [6.07, 6.45) is 2.66. The minimum Gasteiger partial charge on any atom is -0.480 e. The van der Waals surface area contributed by atoms with Crippen LogP contribution < -0.4 is 5.32 Å². The summed E-state index contributed by atoms with van der Waals surface area (Å²) in [6, 6.07) is 7.14. The largest absolute Gasteiger partial charge is 0.480 e. The Kier molecular flexibility index (Phi) is 7.25. The Bertz CT molecular complexity index is 1090. The van der Waals surface area contributed by atoms with Gasteiger partial charge in [-0.3, -0.25) is 9.59 Å². The van der Waals surface area contributed by atoms with Gasteiger partial charge in [0.2, 0.25) is 5.91 Å². The number of benzene rings is 2. The molecular weight excluding hydrogens is 442 g/mol. The number of carbonyl (C=O) groups excluding carboxylic acids is 2. The Morgan fingerprint density at radius 3 is 2.41 bits per heavy atom. The lowest BCUT2D eigenvalue weighted by Gasteiger charge is -2.25. The van der Waals surface area contributed by atoms with Crippen LogP contribution in [0.15, 0.2) is 42.5 Å². The molecule has 0 saturated carbocycles. The molecule has 0 radical (unpaired) electrons. The second-order valence-corrected chi connectivity index (χ2v) is 7.86. The molecule has 2 aromatic carbocycles. The van der Waals surface area contributed by atoms with Crippen molar-refractivity contribution in [3.8, 4) is 0 Å². The second kappa shape index (κ2) is 9.91. The summed E-state index contributed by atoms with van der Waals surface area (Å²) in [7, 11) is 0. The summed E-state index contributed by atoms with van der Waals surface area (Å²) in [5.41, 5.74) is 2.08. The van der Waals surface area contributed by atoms with Crippen LogP contribution in [0, 0.1) is 11.6 Å². The van der Waals surface area contributed by atoms with Gasteiger partial charge in [0.05, 0.1) is 10.6 Å². The molecule has 2 aromatic rings. The number of carbonyl (C=O) groups is 3. The standard InChI is InChI=1S/C23H21ClF2N2O4/c1-13(29)28-8-6-16(7-9-28)15-4-2-14(3-5-15)10-21(23(31)32)27-22(30)17-11-20(26)18(24)12-19(17)25/h2-6,11-12,21H,7-10H2,1H3,(H,27,30)(H,31,32)/t21-/m0/s1. The molecule has 168 valence electrons. The molecule has 0 aromatic heterocycles. The van der Waals surface area contributed by atoms with Crippen LogP contribution >= 0.6 is 11.6 Å². The summed E-state index contributed by atoms with van der Waals surface area (Å²) in [6.45, 7) is 2.71. The third-order valence-corrected chi connectivity index (χ3v) is 5.57. The van der Waals surface area contributed by atoms with Gasteiger partial charge in [-0.1, -0.05) is 41.9 Å². The van der Waals surface area contributed by atoms with Gasteiger partial charge in [-0.2, -0.15) is 0 Å². The number of nitrogens with one attached hydrogen (secondary N) is 1. The normalized spacial score (nSPS) is 14.5. The zero-order valence-corrected chi connectivity index (χ0v) is 18.0. The SMILES string of the molecule is CC(=O)N1CC=C(c2ccc(C[C@H](NC(=O)c3cc(F)c(Cl)cc3F)C(=O)O)cc2)CC1. The monoisotopic (exact) mass is 462 g/mol. The van der Waals surface area contributed by atoms with Gasteiger partial charge < -0.3 is 15.3 Å². The molecule has 0 saturated heterocycles. The molecule has 2 amide bonds. The fraction of sp³-hybridized carbons (Fsp3) is 0.261. The van der Waals surface area contributed by atoms with Crippen LogP contribution in [0.1, 0.15) is 34.8 Å². The number of hydrogen-bond acceptors (Lipinski definition) is 3. The van der Waals surface area contributed by atoms with Crippen LogP contribution in [-0.4, -0.2) is 46.9 Å². The first-order chi connectivity index (χ1) is 15.2. The number of aliphatic carboxylic acids is 1. The van der Waals surface area contributed by atoms with Crippen LogP contribution in [0.25, 0.3) is 5.57 Å². The molecule has 3 rings (SSSR count). The van der Waals surface area contributed by atoms with E-state index < -0.39 is 40.1 Å². The molecule has 9 heteroatoms. The highest BCUT2D eigenvalue weighted by Crippen LogP contribution is 2.23. The van der Waals surface area contributed by atoms with Crippen LogP contribution in [0.5, 0.6) is 0 Å². The molecule has 0 fully saturated rings. The molecule has 32 heavy (non-hydrogen) atoms. The number of amides is 2. The Morgan fingerprint density at radius 2 is 1.84 bits per heavy atom. The Hall–Kier alpha value is -3.26. The number of carboxylic acids is 1. The van der Waals surface area contributed by atoms with Crippen molar-refractivity contribution in [1.29, 1.82) is 0 Å². The second-order valence-electron chi connectivity index (χ2n) is 7.46. The molecule has 6 nitrogen and oxygen atoms in total. The summed E-state index contributed by atoms with van der Waals surface area (Å²) in [5, 5.41) is 11.2. The highest BCUT2D eigenvalue weighted by molar-refractivity contribution is 6.30. The average molecular weight is 463 g/mol. The van der Waals surface area contributed by atoms with Crippen molar-refractivity contribution in [2.24, 2.45) is 0 Å². The Labute approximate surface area is 188 Å². The summed E-state index contributed by atoms with van der Waals surface area (Å²) in [4.78, 5) is 37.1. The number of hydrogen-bond donors (Lipinski definition) is 2. The van der Waals surface area contributed by atoms with E-state index in [1.54, 1.807) is 17.0 Å². The van der Waals surface area contributed by atoms with Gasteiger partial charge in [0.25, 0.3) is 5.91 Å². The molecule has 1 heterocycles. The van der Waals surface area contributed by atoms with E-state index >= 15 is 0 Å². The van der Waals surface area contributed by atoms with E-state index in [9.17, 15) is 28.3 Å². The fourth-order valence-corrected chi connectivity index (χ4v) is 3.59. The molecule has 0 spiro atoms. The zero-order valence-electron chi connectivity index (χ0n) is 17.2. The van der Waals surface area contributed by atoms with Crippen molar-refractivity contribution in [2.75, 3.05) is 13.1 Å². The van der Waals surface area contributed by atoms with Gasteiger partial charge in [0, 0.05) is 26.4 Å². The quantitative estimate of drug-likeness (QED) is 0.641. The van der Waals surface area contributed by atoms with Gasteiger partial charge >= 0.3 is 5.97 Å². The van der Waals surface area contributed by atoms with Crippen molar-refractivity contribution in [3.05, 3.63) is 75.8 Å². The van der Waals surface area contributed by atoms with Gasteiger partial charge in [-0.15, -0.1) is 0 Å². The van der Waals surface area contributed by atoms with Crippen molar-refractivity contribution in [3.63, 3.8) is 0 Å². The highest BCUT2D eigenvalue weighted by atomic mass is 35.5. The first-order valence-electron chi connectivity index (χ1n) is 9.87. The first kappa shape index (κ1) is 23.4. The predicted octanol–water partition coefficient (Wildman–Crippen LogP) is 3.68. The van der Waals surface area contributed by atoms with E-state index in [1.165, 1.54) is 6.92 Å². The Morgan fingerprint density at radius 1 is 1.16 bits per heavy atom. The minimum atomic E-state index is -1.34. The maximum atomic E-state index is 14.0. The van der Waals surface area contributed by atoms with Crippen LogP contribution in [0.4, 0.5) is 8.78 Å². The van der Waals surface area contributed by atoms with Crippen LogP contribution in [0.3, 0.4) is 0 Å². The molecule has 2 N–H and O–H groups in total. The summed E-state index contributed by atoms with van der Waals surface area (Å²) < 4.78 is 27.6. The van der Waals surface area contributed by atoms with Crippen molar-refractivity contribution in [2.45, 2.75) is 25.8 Å². The van der Waals surface area contributed by atoms with E-state index in [1.807, 2.05) is 18.2 Å². The molecule has 0 unspecified atom stereocenters. The fourth-order valence-electron chi connectivity index (χ4n) is 3.44. The lowest BCUT2D eigenvalue weighted by molar-refractivity contribution is -0.139. The van der Waals surface area contributed by atoms with E-state index in [2.05, 4.69) is 5.32 Å². The van der Waals surface area contributed by atoms with Crippen LogP contribution in [-0.2, 0) is 16.0 Å². The number of halogens is 3. The third-order valence-electron chi connectivity index (χ3n) is 5.28. The van der Waals surface area contributed by atoms with Crippen LogP contribution in [0.2, 0.25) is 5.02 Å². The van der Waals surface area contributed by atoms with Gasteiger partial charge in [0.15, 0.2) is 0 Å².